The highest BCUT2D eigenvalue weighted by Gasteiger charge is 2.40. The molecule has 1 amide bonds. The maximum atomic E-state index is 13.1. The van der Waals surface area contributed by atoms with Gasteiger partial charge in [-0.15, -0.1) is 0 Å². The summed E-state index contributed by atoms with van der Waals surface area (Å²) < 4.78 is 32.6. The SMILES string of the molecule is COc1ccc(C)c(S(=O)(=O)N2CCC[C@H]2C(=O)NC(C)(C)C)c1. The molecule has 1 saturated heterocycles. The first-order chi connectivity index (χ1) is 11.1. The van der Waals surface area contributed by atoms with Gasteiger partial charge < -0.3 is 10.1 Å². The highest BCUT2D eigenvalue weighted by atomic mass is 32.2. The van der Waals surface area contributed by atoms with Crippen LogP contribution in [0, 0.1) is 6.92 Å². The average molecular weight is 354 g/mol. The van der Waals surface area contributed by atoms with E-state index in [9.17, 15) is 13.2 Å². The summed E-state index contributed by atoms with van der Waals surface area (Å²) in [5, 5.41) is 2.88. The number of hydrogen-bond donors (Lipinski definition) is 1. The zero-order valence-electron chi connectivity index (χ0n) is 14.9. The number of carbonyl (C=O) groups excluding carboxylic acids is 1. The Labute approximate surface area is 144 Å². The summed E-state index contributed by atoms with van der Waals surface area (Å²) in [4.78, 5) is 12.7. The molecule has 0 radical (unpaired) electrons. The van der Waals surface area contributed by atoms with Gasteiger partial charge in [0, 0.05) is 18.2 Å². The predicted octanol–water partition coefficient (Wildman–Crippen LogP) is 2.07. The number of amides is 1. The maximum Gasteiger partial charge on any atom is 0.244 e. The lowest BCUT2D eigenvalue weighted by atomic mass is 10.1. The molecule has 6 nitrogen and oxygen atoms in total. The number of rotatable bonds is 4. The number of carbonyl (C=O) groups is 1. The molecule has 0 bridgehead atoms. The Morgan fingerprint density at radius 2 is 2.00 bits per heavy atom. The molecule has 0 saturated carbocycles. The van der Waals surface area contributed by atoms with E-state index in [1.54, 1.807) is 19.1 Å². The van der Waals surface area contributed by atoms with E-state index in [2.05, 4.69) is 5.32 Å². The molecule has 1 aromatic carbocycles. The molecule has 7 heteroatoms. The molecule has 0 unspecified atom stereocenters. The van der Waals surface area contributed by atoms with Crippen LogP contribution in [0.5, 0.6) is 5.75 Å². The molecule has 0 aliphatic carbocycles. The standard InChI is InChI=1S/C17H26N2O4S/c1-12-8-9-13(23-5)11-15(12)24(21,22)19-10-6-7-14(19)16(20)18-17(2,3)4/h8-9,11,14H,6-7,10H2,1-5H3,(H,18,20)/t14-/m0/s1. The Morgan fingerprint density at radius 3 is 2.58 bits per heavy atom. The van der Waals surface area contributed by atoms with Gasteiger partial charge in [0.05, 0.1) is 12.0 Å². The van der Waals surface area contributed by atoms with E-state index in [1.807, 2.05) is 20.8 Å². The Morgan fingerprint density at radius 1 is 1.33 bits per heavy atom. The number of ether oxygens (including phenoxy) is 1. The number of benzene rings is 1. The van der Waals surface area contributed by atoms with Gasteiger partial charge in [0.25, 0.3) is 0 Å². The van der Waals surface area contributed by atoms with Gasteiger partial charge in [-0.25, -0.2) is 8.42 Å². The van der Waals surface area contributed by atoms with Gasteiger partial charge in [-0.2, -0.15) is 4.31 Å². The number of sulfonamides is 1. The van der Waals surface area contributed by atoms with E-state index in [-0.39, 0.29) is 10.8 Å². The van der Waals surface area contributed by atoms with Crippen LogP contribution in [0.2, 0.25) is 0 Å². The van der Waals surface area contributed by atoms with Crippen molar-refractivity contribution in [3.63, 3.8) is 0 Å². The molecule has 0 aromatic heterocycles. The van der Waals surface area contributed by atoms with E-state index in [0.29, 0.717) is 30.7 Å². The Bertz CT molecular complexity index is 723. The smallest absolute Gasteiger partial charge is 0.244 e. The van der Waals surface area contributed by atoms with Crippen molar-refractivity contribution in [1.29, 1.82) is 0 Å². The second-order valence-electron chi connectivity index (χ2n) is 7.14. The molecule has 134 valence electrons. The lowest BCUT2D eigenvalue weighted by molar-refractivity contribution is -0.125. The summed E-state index contributed by atoms with van der Waals surface area (Å²) in [6.45, 7) is 7.73. The average Bonchev–Trinajstić information content (AvgIpc) is 2.96. The molecule has 1 aromatic rings. The summed E-state index contributed by atoms with van der Waals surface area (Å²) >= 11 is 0. The minimum atomic E-state index is -3.76. The summed E-state index contributed by atoms with van der Waals surface area (Å²) in [5.41, 5.74) is 0.235. The summed E-state index contributed by atoms with van der Waals surface area (Å²) in [5.74, 6) is 0.234. The third kappa shape index (κ3) is 3.89. The second kappa shape index (κ2) is 6.72. The normalized spacial score (nSPS) is 19.3. The molecule has 1 atom stereocenters. The van der Waals surface area contributed by atoms with Crippen molar-refractivity contribution in [1.82, 2.24) is 9.62 Å². The van der Waals surface area contributed by atoms with Crippen LogP contribution in [-0.2, 0) is 14.8 Å². The van der Waals surface area contributed by atoms with Gasteiger partial charge in [0.15, 0.2) is 0 Å². The zero-order valence-corrected chi connectivity index (χ0v) is 15.7. The Hall–Kier alpha value is -1.60. The highest BCUT2D eigenvalue weighted by Crippen LogP contribution is 2.30. The van der Waals surface area contributed by atoms with Gasteiger partial charge in [-0.05, 0) is 52.2 Å². The fourth-order valence-electron chi connectivity index (χ4n) is 2.85. The lowest BCUT2D eigenvalue weighted by Crippen LogP contribution is -2.51. The van der Waals surface area contributed by atoms with Crippen LogP contribution in [0.25, 0.3) is 0 Å². The number of aryl methyl sites for hydroxylation is 1. The highest BCUT2D eigenvalue weighted by molar-refractivity contribution is 7.89. The van der Waals surface area contributed by atoms with Crippen LogP contribution in [0.15, 0.2) is 23.1 Å². The van der Waals surface area contributed by atoms with Crippen molar-refractivity contribution in [2.45, 2.75) is 57.0 Å². The largest absolute Gasteiger partial charge is 0.497 e. The van der Waals surface area contributed by atoms with Crippen LogP contribution >= 0.6 is 0 Å². The van der Waals surface area contributed by atoms with Crippen LogP contribution in [0.4, 0.5) is 0 Å². The van der Waals surface area contributed by atoms with Crippen molar-refractivity contribution in [3.8, 4) is 5.75 Å². The number of methoxy groups -OCH3 is 1. The number of nitrogens with zero attached hydrogens (tertiary/aromatic N) is 1. The Kier molecular flexibility index (Phi) is 5.25. The number of nitrogens with one attached hydrogen (secondary N) is 1. The third-order valence-electron chi connectivity index (χ3n) is 3.99. The first-order valence-corrected chi connectivity index (χ1v) is 9.49. The molecule has 1 fully saturated rings. The van der Waals surface area contributed by atoms with Crippen LogP contribution < -0.4 is 10.1 Å². The summed E-state index contributed by atoms with van der Waals surface area (Å²) in [7, 11) is -2.26. The topological polar surface area (TPSA) is 75.7 Å². The zero-order chi connectivity index (χ0) is 18.1. The first kappa shape index (κ1) is 18.7. The summed E-state index contributed by atoms with van der Waals surface area (Å²) in [6.07, 6.45) is 1.20. The van der Waals surface area contributed by atoms with Gasteiger partial charge in [-0.1, -0.05) is 6.07 Å². The van der Waals surface area contributed by atoms with Crippen LogP contribution in [-0.4, -0.2) is 43.9 Å². The van der Waals surface area contributed by atoms with Crippen molar-refractivity contribution < 1.29 is 17.9 Å². The quantitative estimate of drug-likeness (QED) is 0.898. The molecular weight excluding hydrogens is 328 g/mol. The van der Waals surface area contributed by atoms with Crippen molar-refractivity contribution in [3.05, 3.63) is 23.8 Å². The molecule has 0 spiro atoms. The number of hydrogen-bond acceptors (Lipinski definition) is 4. The Balaban J connectivity index is 2.36. The first-order valence-electron chi connectivity index (χ1n) is 8.05. The van der Waals surface area contributed by atoms with E-state index >= 15 is 0 Å². The molecule has 1 heterocycles. The maximum absolute atomic E-state index is 13.1. The summed E-state index contributed by atoms with van der Waals surface area (Å²) in [6, 6.07) is 4.29. The monoisotopic (exact) mass is 354 g/mol. The second-order valence-corrected chi connectivity index (χ2v) is 9.00. The molecule has 1 aliphatic rings. The van der Waals surface area contributed by atoms with Gasteiger partial charge in [0.1, 0.15) is 11.8 Å². The minimum Gasteiger partial charge on any atom is -0.497 e. The molecule has 1 N–H and O–H groups in total. The van der Waals surface area contributed by atoms with E-state index in [0.717, 1.165) is 0 Å². The van der Waals surface area contributed by atoms with Crippen molar-refractivity contribution in [2.75, 3.05) is 13.7 Å². The molecule has 2 rings (SSSR count). The van der Waals surface area contributed by atoms with E-state index in [4.69, 9.17) is 4.74 Å². The van der Waals surface area contributed by atoms with Crippen LogP contribution in [0.3, 0.4) is 0 Å². The van der Waals surface area contributed by atoms with Crippen molar-refractivity contribution in [2.24, 2.45) is 0 Å². The minimum absolute atomic E-state index is 0.192. The molecule has 24 heavy (non-hydrogen) atoms. The third-order valence-corrected chi connectivity index (χ3v) is 6.04. The fraction of sp³-hybridized carbons (Fsp3) is 0.588. The molecular formula is C17H26N2O4S. The van der Waals surface area contributed by atoms with Gasteiger partial charge in [0.2, 0.25) is 15.9 Å². The predicted molar refractivity (Wildman–Crippen MR) is 92.5 cm³/mol. The van der Waals surface area contributed by atoms with Crippen LogP contribution in [0.1, 0.15) is 39.2 Å². The van der Waals surface area contributed by atoms with Crippen molar-refractivity contribution >= 4 is 15.9 Å². The van der Waals surface area contributed by atoms with E-state index in [1.165, 1.54) is 17.5 Å². The van der Waals surface area contributed by atoms with Gasteiger partial charge in [-0.3, -0.25) is 4.79 Å². The lowest BCUT2D eigenvalue weighted by Gasteiger charge is -2.28. The van der Waals surface area contributed by atoms with E-state index < -0.39 is 21.6 Å². The fourth-order valence-corrected chi connectivity index (χ4v) is 4.75. The molecule has 1 aliphatic heterocycles. The van der Waals surface area contributed by atoms with Gasteiger partial charge >= 0.3 is 0 Å².